The molecule has 1 saturated heterocycles. The molecule has 5 heteroatoms. The third-order valence-corrected chi connectivity index (χ3v) is 5.50. The number of aliphatic hydroxyl groups excluding tert-OH is 1. The summed E-state index contributed by atoms with van der Waals surface area (Å²) >= 11 is 6.01. The number of aliphatic hydroxyl groups is 1. The molecule has 0 bridgehead atoms. The molecule has 0 unspecified atom stereocenters. The summed E-state index contributed by atoms with van der Waals surface area (Å²) in [6, 6.07) is 7.73. The Morgan fingerprint density at radius 3 is 2.88 bits per heavy atom. The molecule has 1 aromatic rings. The predicted molar refractivity (Wildman–Crippen MR) is 96.2 cm³/mol. The lowest BCUT2D eigenvalue weighted by molar-refractivity contribution is -0.122. The molecule has 1 heterocycles. The number of carbonyl (C=O) groups excluding carboxylic acids is 1. The molecule has 4 nitrogen and oxygen atoms in total. The van der Waals surface area contributed by atoms with Crippen LogP contribution < -0.4 is 5.32 Å². The lowest BCUT2D eigenvalue weighted by Crippen LogP contribution is -2.43. The van der Waals surface area contributed by atoms with E-state index in [-0.39, 0.29) is 17.7 Å². The predicted octanol–water partition coefficient (Wildman–Crippen LogP) is 2.65. The lowest BCUT2D eigenvalue weighted by Gasteiger charge is -2.31. The Morgan fingerprint density at radius 1 is 1.42 bits per heavy atom. The van der Waals surface area contributed by atoms with Gasteiger partial charge >= 0.3 is 0 Å². The topological polar surface area (TPSA) is 52.6 Å². The van der Waals surface area contributed by atoms with E-state index in [2.05, 4.69) is 17.1 Å². The molecule has 1 aliphatic heterocycles. The SMILES string of the molecule is CC1CCN(C[C@H](O)CNC(=O)[C@@H]2C[C@H]2c2cccc(Cl)c2)CC1. The molecule has 1 saturated carbocycles. The molecule has 2 aliphatic rings. The second-order valence-electron chi connectivity index (χ2n) is 7.39. The fourth-order valence-electron chi connectivity index (χ4n) is 3.55. The van der Waals surface area contributed by atoms with E-state index >= 15 is 0 Å². The van der Waals surface area contributed by atoms with Crippen molar-refractivity contribution in [3.05, 3.63) is 34.9 Å². The third-order valence-electron chi connectivity index (χ3n) is 5.26. The van der Waals surface area contributed by atoms with E-state index in [1.165, 1.54) is 12.8 Å². The van der Waals surface area contributed by atoms with Crippen molar-refractivity contribution >= 4 is 17.5 Å². The van der Waals surface area contributed by atoms with Crippen LogP contribution in [0.4, 0.5) is 0 Å². The van der Waals surface area contributed by atoms with Gasteiger partial charge in [-0.2, -0.15) is 0 Å². The van der Waals surface area contributed by atoms with Crippen molar-refractivity contribution in [2.45, 2.75) is 38.2 Å². The fraction of sp³-hybridized carbons (Fsp3) is 0.632. The van der Waals surface area contributed by atoms with Crippen molar-refractivity contribution in [2.24, 2.45) is 11.8 Å². The van der Waals surface area contributed by atoms with Crippen LogP contribution in [0.15, 0.2) is 24.3 Å². The highest BCUT2D eigenvalue weighted by molar-refractivity contribution is 6.30. The molecule has 0 aromatic heterocycles. The van der Waals surface area contributed by atoms with Crippen LogP contribution >= 0.6 is 11.6 Å². The van der Waals surface area contributed by atoms with Crippen LogP contribution in [0.2, 0.25) is 5.02 Å². The number of piperidine rings is 1. The van der Waals surface area contributed by atoms with Gasteiger partial charge in [0, 0.05) is 24.0 Å². The first-order valence-corrected chi connectivity index (χ1v) is 9.34. The van der Waals surface area contributed by atoms with Crippen molar-refractivity contribution in [2.75, 3.05) is 26.2 Å². The highest BCUT2D eigenvalue weighted by Crippen LogP contribution is 2.47. The number of rotatable bonds is 6. The summed E-state index contributed by atoms with van der Waals surface area (Å²) in [5.74, 6) is 1.12. The number of benzene rings is 1. The molecule has 0 radical (unpaired) electrons. The number of hydrogen-bond donors (Lipinski definition) is 2. The Hall–Kier alpha value is -1.10. The minimum absolute atomic E-state index is 0.0199. The van der Waals surface area contributed by atoms with Crippen LogP contribution in [0, 0.1) is 11.8 Å². The zero-order chi connectivity index (χ0) is 17.1. The van der Waals surface area contributed by atoms with Gasteiger partial charge in [0.25, 0.3) is 0 Å². The van der Waals surface area contributed by atoms with Gasteiger partial charge in [-0.15, -0.1) is 0 Å². The lowest BCUT2D eigenvalue weighted by atomic mass is 9.99. The van der Waals surface area contributed by atoms with Gasteiger partial charge in [-0.05, 0) is 61.9 Å². The van der Waals surface area contributed by atoms with E-state index < -0.39 is 6.10 Å². The standard InChI is InChI=1S/C19H27ClN2O2/c1-13-5-7-22(8-6-13)12-16(23)11-21-19(24)18-10-17(18)14-3-2-4-15(20)9-14/h2-4,9,13,16-18,23H,5-8,10-12H2,1H3,(H,21,24)/t16-,17+,18-/m1/s1. The summed E-state index contributed by atoms with van der Waals surface area (Å²) in [6.07, 6.45) is 2.77. The first kappa shape index (κ1) is 17.7. The molecular formula is C19H27ClN2O2. The highest BCUT2D eigenvalue weighted by atomic mass is 35.5. The van der Waals surface area contributed by atoms with Gasteiger partial charge in [-0.25, -0.2) is 0 Å². The zero-order valence-electron chi connectivity index (χ0n) is 14.2. The first-order chi connectivity index (χ1) is 11.5. The van der Waals surface area contributed by atoms with E-state index in [4.69, 9.17) is 11.6 Å². The molecule has 1 aliphatic carbocycles. The van der Waals surface area contributed by atoms with Gasteiger partial charge in [-0.3, -0.25) is 4.79 Å². The Labute approximate surface area is 149 Å². The van der Waals surface area contributed by atoms with Gasteiger partial charge in [0.1, 0.15) is 0 Å². The second-order valence-corrected chi connectivity index (χ2v) is 7.82. The first-order valence-electron chi connectivity index (χ1n) is 8.96. The third kappa shape index (κ3) is 4.71. The monoisotopic (exact) mass is 350 g/mol. The summed E-state index contributed by atoms with van der Waals surface area (Å²) in [4.78, 5) is 14.5. The average Bonchev–Trinajstić information content (AvgIpc) is 3.36. The van der Waals surface area contributed by atoms with Crippen molar-refractivity contribution < 1.29 is 9.90 Å². The maximum atomic E-state index is 12.2. The van der Waals surface area contributed by atoms with Gasteiger partial charge in [0.15, 0.2) is 0 Å². The van der Waals surface area contributed by atoms with Crippen LogP contribution in [0.25, 0.3) is 0 Å². The molecule has 0 spiro atoms. The van der Waals surface area contributed by atoms with E-state index in [1.807, 2.05) is 24.3 Å². The van der Waals surface area contributed by atoms with E-state index in [1.54, 1.807) is 0 Å². The smallest absolute Gasteiger partial charge is 0.223 e. The van der Waals surface area contributed by atoms with Crippen LogP contribution in [-0.4, -0.2) is 48.2 Å². The number of hydrogen-bond acceptors (Lipinski definition) is 3. The summed E-state index contributed by atoms with van der Waals surface area (Å²) in [5.41, 5.74) is 1.13. The molecular weight excluding hydrogens is 324 g/mol. The highest BCUT2D eigenvalue weighted by Gasteiger charge is 2.43. The summed E-state index contributed by atoms with van der Waals surface area (Å²) < 4.78 is 0. The molecule has 2 fully saturated rings. The zero-order valence-corrected chi connectivity index (χ0v) is 15.0. The van der Waals surface area contributed by atoms with Crippen molar-refractivity contribution in [3.63, 3.8) is 0 Å². The van der Waals surface area contributed by atoms with Crippen molar-refractivity contribution in [1.29, 1.82) is 0 Å². The van der Waals surface area contributed by atoms with Crippen LogP contribution in [0.3, 0.4) is 0 Å². The molecule has 132 valence electrons. The Morgan fingerprint density at radius 2 is 2.17 bits per heavy atom. The van der Waals surface area contributed by atoms with Gasteiger partial charge in [0.2, 0.25) is 5.91 Å². The molecule has 3 atom stereocenters. The summed E-state index contributed by atoms with van der Waals surface area (Å²) in [6.45, 7) is 5.36. The molecule has 1 amide bonds. The van der Waals surface area contributed by atoms with E-state index in [0.717, 1.165) is 31.0 Å². The Kier molecular flexibility index (Phi) is 5.80. The molecule has 1 aromatic carbocycles. The van der Waals surface area contributed by atoms with E-state index in [9.17, 15) is 9.90 Å². The van der Waals surface area contributed by atoms with Crippen LogP contribution in [-0.2, 0) is 4.79 Å². The number of carbonyl (C=O) groups is 1. The number of nitrogens with one attached hydrogen (secondary N) is 1. The minimum Gasteiger partial charge on any atom is -0.390 e. The fourth-order valence-corrected chi connectivity index (χ4v) is 3.75. The molecule has 24 heavy (non-hydrogen) atoms. The minimum atomic E-state index is -0.495. The molecule has 2 N–H and O–H groups in total. The number of likely N-dealkylation sites (tertiary alicyclic amines) is 1. The van der Waals surface area contributed by atoms with Crippen LogP contribution in [0.1, 0.15) is 37.7 Å². The van der Waals surface area contributed by atoms with Crippen molar-refractivity contribution in [1.82, 2.24) is 10.2 Å². The average molecular weight is 351 g/mol. The number of nitrogens with zero attached hydrogens (tertiary/aromatic N) is 1. The van der Waals surface area contributed by atoms with Gasteiger partial charge in [-0.1, -0.05) is 30.7 Å². The maximum absolute atomic E-state index is 12.2. The summed E-state index contributed by atoms with van der Waals surface area (Å²) in [7, 11) is 0. The maximum Gasteiger partial charge on any atom is 0.223 e. The van der Waals surface area contributed by atoms with Crippen LogP contribution in [0.5, 0.6) is 0 Å². The Balaban J connectivity index is 1.38. The summed E-state index contributed by atoms with van der Waals surface area (Å²) in [5, 5.41) is 13.8. The number of amides is 1. The normalized spacial score (nSPS) is 26.1. The second kappa shape index (κ2) is 7.85. The number of halogens is 1. The van der Waals surface area contributed by atoms with Gasteiger partial charge in [0.05, 0.1) is 6.10 Å². The largest absolute Gasteiger partial charge is 0.390 e. The molecule has 3 rings (SSSR count). The van der Waals surface area contributed by atoms with Crippen molar-refractivity contribution in [3.8, 4) is 0 Å². The van der Waals surface area contributed by atoms with Gasteiger partial charge < -0.3 is 15.3 Å². The quantitative estimate of drug-likeness (QED) is 0.829. The number of β-amino-alcohol motifs (C(OH)–C–C–N with tert-alkyl or cyclic N) is 1. The Bertz CT molecular complexity index is 572. The van der Waals surface area contributed by atoms with E-state index in [0.29, 0.717) is 18.1 Å².